The summed E-state index contributed by atoms with van der Waals surface area (Å²) in [6, 6.07) is 20.9. The number of sulfonamides is 1. The van der Waals surface area contributed by atoms with E-state index in [1.807, 2.05) is 30.3 Å². The zero-order valence-electron chi connectivity index (χ0n) is 14.9. The molecular weight excluding hydrogens is 363 g/mol. The van der Waals surface area contributed by atoms with Gasteiger partial charge >= 0.3 is 0 Å². The van der Waals surface area contributed by atoms with Crippen LogP contribution in [0.5, 0.6) is 0 Å². The fourth-order valence-electron chi connectivity index (χ4n) is 2.65. The molecule has 0 amide bonds. The number of aryl methyl sites for hydroxylation is 1. The molecule has 0 atom stereocenters. The summed E-state index contributed by atoms with van der Waals surface area (Å²) in [7, 11) is -3.76. The number of hydrogen-bond acceptors (Lipinski definition) is 3. The predicted octanol–water partition coefficient (Wildman–Crippen LogP) is 4.59. The molecule has 0 spiro atoms. The Hall–Kier alpha value is -2.86. The number of nitrogens with one attached hydrogen (secondary N) is 2. The van der Waals surface area contributed by atoms with Crippen LogP contribution in [0.15, 0.2) is 77.7 Å². The normalized spacial score (nSPS) is 11.2. The molecule has 0 heterocycles. The van der Waals surface area contributed by atoms with Crippen molar-refractivity contribution in [2.45, 2.75) is 18.2 Å². The van der Waals surface area contributed by atoms with Gasteiger partial charge in [-0.25, -0.2) is 12.8 Å². The minimum Gasteiger partial charge on any atom is -0.385 e. The van der Waals surface area contributed by atoms with Crippen LogP contribution in [0.4, 0.5) is 15.8 Å². The maximum absolute atomic E-state index is 13.3. The minimum absolute atomic E-state index is 0.0338. The van der Waals surface area contributed by atoms with Crippen LogP contribution >= 0.6 is 0 Å². The van der Waals surface area contributed by atoms with Crippen LogP contribution in [0.25, 0.3) is 0 Å². The quantitative estimate of drug-likeness (QED) is 0.626. The Labute approximate surface area is 159 Å². The Morgan fingerprint density at radius 1 is 0.889 bits per heavy atom. The Morgan fingerprint density at radius 2 is 1.56 bits per heavy atom. The Kier molecular flexibility index (Phi) is 5.76. The maximum atomic E-state index is 13.3. The van der Waals surface area contributed by atoms with Gasteiger partial charge in [-0.3, -0.25) is 4.72 Å². The molecule has 140 valence electrons. The predicted molar refractivity (Wildman–Crippen MR) is 107 cm³/mol. The van der Waals surface area contributed by atoms with E-state index in [4.69, 9.17) is 0 Å². The van der Waals surface area contributed by atoms with E-state index in [0.717, 1.165) is 24.7 Å². The van der Waals surface area contributed by atoms with Gasteiger partial charge in [-0.05, 0) is 66.9 Å². The molecule has 0 aliphatic carbocycles. The minimum atomic E-state index is -3.76. The summed E-state index contributed by atoms with van der Waals surface area (Å²) in [5.74, 6) is -0.431. The molecule has 6 heteroatoms. The van der Waals surface area contributed by atoms with Crippen LogP contribution in [0.1, 0.15) is 11.1 Å². The second-order valence-electron chi connectivity index (χ2n) is 6.26. The Balaban J connectivity index is 1.60. The van der Waals surface area contributed by atoms with E-state index in [9.17, 15) is 12.8 Å². The summed E-state index contributed by atoms with van der Waals surface area (Å²) < 4.78 is 40.7. The lowest BCUT2D eigenvalue weighted by molar-refractivity contribution is 0.598. The molecule has 0 aliphatic rings. The Bertz CT molecular complexity index is 1000. The van der Waals surface area contributed by atoms with E-state index in [1.165, 1.54) is 24.6 Å². The van der Waals surface area contributed by atoms with Crippen molar-refractivity contribution in [2.75, 3.05) is 16.6 Å². The van der Waals surface area contributed by atoms with Gasteiger partial charge in [-0.2, -0.15) is 0 Å². The van der Waals surface area contributed by atoms with Crippen LogP contribution in [-0.2, 0) is 16.4 Å². The Morgan fingerprint density at radius 3 is 2.22 bits per heavy atom. The second-order valence-corrected chi connectivity index (χ2v) is 7.94. The molecule has 27 heavy (non-hydrogen) atoms. The third-order valence-electron chi connectivity index (χ3n) is 4.16. The van der Waals surface area contributed by atoms with Gasteiger partial charge < -0.3 is 5.32 Å². The summed E-state index contributed by atoms with van der Waals surface area (Å²) in [6.07, 6.45) is 0.902. The molecule has 3 rings (SSSR count). The van der Waals surface area contributed by atoms with Crippen molar-refractivity contribution in [2.24, 2.45) is 0 Å². The standard InChI is InChI=1S/C21H21FN2O2S/c1-16-15-20(11-12-21(16)22)27(25,26)24-19-9-7-18(8-10-19)23-14-13-17-5-3-2-4-6-17/h2-12,15,23-24H,13-14H2,1H3. The summed E-state index contributed by atoms with van der Waals surface area (Å²) in [4.78, 5) is 0.0338. The molecule has 0 aliphatic heterocycles. The second kappa shape index (κ2) is 8.22. The van der Waals surface area contributed by atoms with Gasteiger partial charge in [-0.1, -0.05) is 30.3 Å². The number of halogens is 1. The highest BCUT2D eigenvalue weighted by atomic mass is 32.2. The van der Waals surface area contributed by atoms with Crippen molar-refractivity contribution in [3.63, 3.8) is 0 Å². The van der Waals surface area contributed by atoms with E-state index in [-0.39, 0.29) is 10.5 Å². The van der Waals surface area contributed by atoms with Gasteiger partial charge in [0.15, 0.2) is 0 Å². The third-order valence-corrected chi connectivity index (χ3v) is 5.54. The number of hydrogen-bond donors (Lipinski definition) is 2. The lowest BCUT2D eigenvalue weighted by atomic mass is 10.1. The average molecular weight is 384 g/mol. The van der Waals surface area contributed by atoms with Crippen molar-refractivity contribution in [3.05, 3.63) is 89.7 Å². The molecule has 0 saturated heterocycles. The summed E-state index contributed by atoms with van der Waals surface area (Å²) in [5, 5.41) is 3.31. The summed E-state index contributed by atoms with van der Waals surface area (Å²) in [6.45, 7) is 2.31. The van der Waals surface area contributed by atoms with Crippen molar-refractivity contribution in [1.82, 2.24) is 0 Å². The first kappa shape index (κ1) is 18.9. The average Bonchev–Trinajstić information content (AvgIpc) is 2.66. The molecule has 3 aromatic carbocycles. The van der Waals surface area contributed by atoms with Crippen LogP contribution < -0.4 is 10.0 Å². The SMILES string of the molecule is Cc1cc(S(=O)(=O)Nc2ccc(NCCc3ccccc3)cc2)ccc1F. The summed E-state index contributed by atoms with van der Waals surface area (Å²) >= 11 is 0. The van der Waals surface area contributed by atoms with Crippen molar-refractivity contribution in [1.29, 1.82) is 0 Å². The van der Waals surface area contributed by atoms with Gasteiger partial charge in [0.2, 0.25) is 0 Å². The number of benzene rings is 3. The molecule has 3 aromatic rings. The summed E-state index contributed by atoms with van der Waals surface area (Å²) in [5.41, 5.74) is 2.90. The molecule has 0 radical (unpaired) electrons. The monoisotopic (exact) mass is 384 g/mol. The van der Waals surface area contributed by atoms with Crippen molar-refractivity contribution < 1.29 is 12.8 Å². The van der Waals surface area contributed by atoms with E-state index in [2.05, 4.69) is 22.2 Å². The first-order valence-corrected chi connectivity index (χ1v) is 10.1. The highest BCUT2D eigenvalue weighted by molar-refractivity contribution is 7.92. The maximum Gasteiger partial charge on any atom is 0.261 e. The van der Waals surface area contributed by atoms with Crippen LogP contribution in [0.3, 0.4) is 0 Å². The molecule has 0 aromatic heterocycles. The molecule has 0 unspecified atom stereocenters. The number of anilines is 2. The lowest BCUT2D eigenvalue weighted by Crippen LogP contribution is -2.13. The van der Waals surface area contributed by atoms with Gasteiger partial charge in [-0.15, -0.1) is 0 Å². The van der Waals surface area contributed by atoms with Crippen LogP contribution in [-0.4, -0.2) is 15.0 Å². The first-order chi connectivity index (χ1) is 12.9. The topological polar surface area (TPSA) is 58.2 Å². The van der Waals surface area contributed by atoms with E-state index in [0.29, 0.717) is 5.69 Å². The highest BCUT2D eigenvalue weighted by Gasteiger charge is 2.15. The van der Waals surface area contributed by atoms with E-state index < -0.39 is 15.8 Å². The van der Waals surface area contributed by atoms with Crippen molar-refractivity contribution >= 4 is 21.4 Å². The highest BCUT2D eigenvalue weighted by Crippen LogP contribution is 2.20. The molecule has 0 saturated carbocycles. The zero-order chi connectivity index (χ0) is 19.3. The third kappa shape index (κ3) is 5.08. The largest absolute Gasteiger partial charge is 0.385 e. The molecule has 2 N–H and O–H groups in total. The van der Waals surface area contributed by atoms with E-state index in [1.54, 1.807) is 12.1 Å². The van der Waals surface area contributed by atoms with Gasteiger partial charge in [0, 0.05) is 17.9 Å². The molecule has 0 bridgehead atoms. The fourth-order valence-corrected chi connectivity index (χ4v) is 3.79. The van der Waals surface area contributed by atoms with Gasteiger partial charge in [0.25, 0.3) is 10.0 Å². The smallest absolute Gasteiger partial charge is 0.261 e. The zero-order valence-corrected chi connectivity index (χ0v) is 15.8. The first-order valence-electron chi connectivity index (χ1n) is 8.61. The van der Waals surface area contributed by atoms with E-state index >= 15 is 0 Å². The van der Waals surface area contributed by atoms with Crippen LogP contribution in [0, 0.1) is 12.7 Å². The fraction of sp³-hybridized carbons (Fsp3) is 0.143. The van der Waals surface area contributed by atoms with Gasteiger partial charge in [0.05, 0.1) is 4.90 Å². The molecular formula is C21H21FN2O2S. The van der Waals surface area contributed by atoms with Crippen molar-refractivity contribution in [3.8, 4) is 0 Å². The lowest BCUT2D eigenvalue weighted by Gasteiger charge is -2.11. The van der Waals surface area contributed by atoms with Gasteiger partial charge in [0.1, 0.15) is 5.82 Å². The van der Waals surface area contributed by atoms with Crippen LogP contribution in [0.2, 0.25) is 0 Å². The molecule has 4 nitrogen and oxygen atoms in total. The number of rotatable bonds is 7. The molecule has 0 fully saturated rings.